The third-order valence-electron chi connectivity index (χ3n) is 1.22. The lowest BCUT2D eigenvalue weighted by atomic mass is 10.2. The average Bonchev–Trinajstić information content (AvgIpc) is 2.05. The molecule has 0 aliphatic rings. The molecule has 0 saturated carbocycles. The molecule has 0 amide bonds. The van der Waals surface area contributed by atoms with Gasteiger partial charge in [0, 0.05) is 12.4 Å². The maximum Gasteiger partial charge on any atom is 0.0940 e. The van der Waals surface area contributed by atoms with Gasteiger partial charge in [0.1, 0.15) is 0 Å². The SMILES string of the molecule is O[C@@H](CCl)c1cccnc1. The van der Waals surface area contributed by atoms with Crippen molar-refractivity contribution in [1.29, 1.82) is 0 Å². The molecule has 10 heavy (non-hydrogen) atoms. The molecule has 0 bridgehead atoms. The van der Waals surface area contributed by atoms with Crippen LogP contribution in [-0.2, 0) is 0 Å². The van der Waals surface area contributed by atoms with Gasteiger partial charge in [-0.25, -0.2) is 0 Å². The van der Waals surface area contributed by atoms with Crippen LogP contribution in [0.3, 0.4) is 0 Å². The summed E-state index contributed by atoms with van der Waals surface area (Å²) in [6, 6.07) is 3.56. The van der Waals surface area contributed by atoms with Crippen molar-refractivity contribution in [2.24, 2.45) is 0 Å². The fraction of sp³-hybridized carbons (Fsp3) is 0.286. The molecule has 0 aliphatic heterocycles. The minimum absolute atomic E-state index is 0.214. The Morgan fingerprint density at radius 3 is 3.00 bits per heavy atom. The fourth-order valence-corrected chi connectivity index (χ4v) is 0.840. The number of hydrogen-bond acceptors (Lipinski definition) is 2. The van der Waals surface area contributed by atoms with Crippen LogP contribution in [0.2, 0.25) is 0 Å². The molecule has 54 valence electrons. The van der Waals surface area contributed by atoms with Crippen LogP contribution >= 0.6 is 11.6 Å². The van der Waals surface area contributed by atoms with Gasteiger partial charge in [0.25, 0.3) is 0 Å². The van der Waals surface area contributed by atoms with Crippen LogP contribution in [0.5, 0.6) is 0 Å². The monoisotopic (exact) mass is 157 g/mol. The maximum atomic E-state index is 9.16. The Labute approximate surface area is 64.5 Å². The largest absolute Gasteiger partial charge is 0.387 e. The van der Waals surface area contributed by atoms with Crippen molar-refractivity contribution in [2.75, 3.05) is 5.88 Å². The highest BCUT2D eigenvalue weighted by molar-refractivity contribution is 6.18. The summed E-state index contributed by atoms with van der Waals surface area (Å²) in [5.41, 5.74) is 0.762. The van der Waals surface area contributed by atoms with Gasteiger partial charge in [0.2, 0.25) is 0 Å². The Morgan fingerprint density at radius 1 is 1.70 bits per heavy atom. The Balaban J connectivity index is 2.75. The minimum atomic E-state index is -0.588. The highest BCUT2D eigenvalue weighted by Gasteiger charge is 2.03. The molecular formula is C7H8ClNO. The van der Waals surface area contributed by atoms with Gasteiger partial charge in [-0.05, 0) is 11.6 Å². The zero-order chi connectivity index (χ0) is 7.40. The molecule has 0 radical (unpaired) electrons. The molecule has 3 heteroatoms. The highest BCUT2D eigenvalue weighted by atomic mass is 35.5. The molecule has 1 heterocycles. The van der Waals surface area contributed by atoms with Crippen molar-refractivity contribution in [3.8, 4) is 0 Å². The molecule has 1 N–H and O–H groups in total. The predicted octanol–water partition coefficient (Wildman–Crippen LogP) is 1.35. The van der Waals surface area contributed by atoms with E-state index < -0.39 is 6.10 Å². The van der Waals surface area contributed by atoms with Crippen LogP contribution < -0.4 is 0 Å². The number of hydrogen-bond donors (Lipinski definition) is 1. The van der Waals surface area contributed by atoms with Crippen LogP contribution in [0.15, 0.2) is 24.5 Å². The van der Waals surface area contributed by atoms with Crippen molar-refractivity contribution in [3.05, 3.63) is 30.1 Å². The summed E-state index contributed by atoms with van der Waals surface area (Å²) in [6.45, 7) is 0. The molecule has 0 saturated heterocycles. The number of rotatable bonds is 2. The third kappa shape index (κ3) is 1.69. The van der Waals surface area contributed by atoms with Crippen molar-refractivity contribution in [2.45, 2.75) is 6.10 Å². The number of alkyl halides is 1. The number of aliphatic hydroxyl groups excluding tert-OH is 1. The van der Waals surface area contributed by atoms with Gasteiger partial charge in [0.15, 0.2) is 0 Å². The van der Waals surface area contributed by atoms with Crippen LogP contribution in [0.25, 0.3) is 0 Å². The Morgan fingerprint density at radius 2 is 2.50 bits per heavy atom. The van der Waals surface area contributed by atoms with Gasteiger partial charge < -0.3 is 5.11 Å². The van der Waals surface area contributed by atoms with E-state index in [2.05, 4.69) is 4.98 Å². The number of aromatic nitrogens is 1. The van der Waals surface area contributed by atoms with Crippen LogP contribution in [0, 0.1) is 0 Å². The lowest BCUT2D eigenvalue weighted by molar-refractivity contribution is 0.202. The molecule has 1 rings (SSSR count). The zero-order valence-electron chi connectivity index (χ0n) is 5.37. The van der Waals surface area contributed by atoms with Gasteiger partial charge >= 0.3 is 0 Å². The molecular weight excluding hydrogens is 150 g/mol. The summed E-state index contributed by atoms with van der Waals surface area (Å²) < 4.78 is 0. The highest BCUT2D eigenvalue weighted by Crippen LogP contribution is 2.11. The van der Waals surface area contributed by atoms with E-state index in [4.69, 9.17) is 16.7 Å². The van der Waals surface area contributed by atoms with E-state index in [9.17, 15) is 0 Å². The molecule has 0 spiro atoms. The third-order valence-corrected chi connectivity index (χ3v) is 1.51. The standard InChI is InChI=1S/C7H8ClNO/c8-4-7(10)6-2-1-3-9-5-6/h1-3,5,7,10H,4H2/t7-/m0/s1. The molecule has 1 aromatic heterocycles. The van der Waals surface area contributed by atoms with E-state index in [1.54, 1.807) is 24.5 Å². The van der Waals surface area contributed by atoms with E-state index in [0.717, 1.165) is 5.56 Å². The van der Waals surface area contributed by atoms with E-state index in [-0.39, 0.29) is 5.88 Å². The Kier molecular flexibility index (Phi) is 2.66. The lowest BCUT2D eigenvalue weighted by Crippen LogP contribution is -1.97. The summed E-state index contributed by atoms with van der Waals surface area (Å²) >= 11 is 5.41. The van der Waals surface area contributed by atoms with Gasteiger partial charge in [-0.15, -0.1) is 11.6 Å². The normalized spacial score (nSPS) is 13.0. The summed E-state index contributed by atoms with van der Waals surface area (Å²) in [5.74, 6) is 0.214. The average molecular weight is 158 g/mol. The molecule has 0 aliphatic carbocycles. The smallest absolute Gasteiger partial charge is 0.0940 e. The van der Waals surface area contributed by atoms with Crippen LogP contribution in [0.4, 0.5) is 0 Å². The second kappa shape index (κ2) is 3.54. The minimum Gasteiger partial charge on any atom is -0.387 e. The predicted molar refractivity (Wildman–Crippen MR) is 39.9 cm³/mol. The summed E-state index contributed by atoms with van der Waals surface area (Å²) in [4.78, 5) is 3.84. The zero-order valence-corrected chi connectivity index (χ0v) is 6.12. The van der Waals surface area contributed by atoms with Gasteiger partial charge in [-0.1, -0.05) is 6.07 Å². The number of halogens is 1. The van der Waals surface area contributed by atoms with E-state index in [0.29, 0.717) is 0 Å². The van der Waals surface area contributed by atoms with Crippen LogP contribution in [-0.4, -0.2) is 16.0 Å². The molecule has 0 unspecified atom stereocenters. The van der Waals surface area contributed by atoms with Gasteiger partial charge in [-0.2, -0.15) is 0 Å². The first-order valence-corrected chi connectivity index (χ1v) is 3.52. The summed E-state index contributed by atoms with van der Waals surface area (Å²) in [7, 11) is 0. The first-order chi connectivity index (χ1) is 4.84. The second-order valence-corrected chi connectivity index (χ2v) is 2.27. The van der Waals surface area contributed by atoms with E-state index in [1.807, 2.05) is 0 Å². The molecule has 1 atom stereocenters. The van der Waals surface area contributed by atoms with E-state index in [1.165, 1.54) is 0 Å². The first-order valence-electron chi connectivity index (χ1n) is 2.98. The summed E-state index contributed by atoms with van der Waals surface area (Å²) in [6.07, 6.45) is 2.67. The fourth-order valence-electron chi connectivity index (χ4n) is 0.662. The Hall–Kier alpha value is -0.600. The topological polar surface area (TPSA) is 33.1 Å². The molecule has 1 aromatic rings. The lowest BCUT2D eigenvalue weighted by Gasteiger charge is -2.03. The van der Waals surface area contributed by atoms with Gasteiger partial charge in [-0.3, -0.25) is 4.98 Å². The van der Waals surface area contributed by atoms with Crippen molar-refractivity contribution < 1.29 is 5.11 Å². The first kappa shape index (κ1) is 7.51. The van der Waals surface area contributed by atoms with Gasteiger partial charge in [0.05, 0.1) is 12.0 Å². The molecule has 2 nitrogen and oxygen atoms in total. The van der Waals surface area contributed by atoms with Crippen molar-refractivity contribution in [1.82, 2.24) is 4.98 Å². The number of aliphatic hydroxyl groups is 1. The maximum absolute atomic E-state index is 9.16. The molecule has 0 aromatic carbocycles. The quantitative estimate of drug-likeness (QED) is 0.658. The van der Waals surface area contributed by atoms with Crippen LogP contribution in [0.1, 0.15) is 11.7 Å². The second-order valence-electron chi connectivity index (χ2n) is 1.96. The molecule has 0 fully saturated rings. The summed E-state index contributed by atoms with van der Waals surface area (Å²) in [5, 5.41) is 9.16. The Bertz CT molecular complexity index is 190. The van der Waals surface area contributed by atoms with Crippen molar-refractivity contribution in [3.63, 3.8) is 0 Å². The number of pyridine rings is 1. The number of nitrogens with zero attached hydrogens (tertiary/aromatic N) is 1. The van der Waals surface area contributed by atoms with E-state index >= 15 is 0 Å². The van der Waals surface area contributed by atoms with Crippen molar-refractivity contribution >= 4 is 11.6 Å².